The highest BCUT2D eigenvalue weighted by molar-refractivity contribution is 5.87. The number of carboxylic acid groups (broad SMARTS) is 1. The Hall–Kier alpha value is -2.66. The van der Waals surface area contributed by atoms with Crippen molar-refractivity contribution in [2.75, 3.05) is 13.1 Å². The third kappa shape index (κ3) is 4.25. The quantitative estimate of drug-likeness (QED) is 0.849. The Morgan fingerprint density at radius 1 is 1.20 bits per heavy atom. The lowest BCUT2D eigenvalue weighted by atomic mass is 10.0. The summed E-state index contributed by atoms with van der Waals surface area (Å²) in [5, 5.41) is 8.97. The Kier molecular flexibility index (Phi) is 5.14. The van der Waals surface area contributed by atoms with Crippen LogP contribution < -0.4 is 0 Å². The lowest BCUT2D eigenvalue weighted by Gasteiger charge is -2.36. The van der Waals surface area contributed by atoms with Gasteiger partial charge in [0.05, 0.1) is 12.1 Å². The number of carbonyl (C=O) groups is 2. The summed E-state index contributed by atoms with van der Waals surface area (Å²) in [5.74, 6) is -1.14. The molecule has 0 aliphatic carbocycles. The molecule has 0 bridgehead atoms. The molecule has 5 heteroatoms. The van der Waals surface area contributed by atoms with Crippen LogP contribution in [0.25, 0.3) is 0 Å². The van der Waals surface area contributed by atoms with Gasteiger partial charge >= 0.3 is 11.9 Å². The first-order valence-corrected chi connectivity index (χ1v) is 8.33. The highest BCUT2D eigenvalue weighted by Crippen LogP contribution is 2.24. The maximum atomic E-state index is 12.0. The zero-order valence-corrected chi connectivity index (χ0v) is 14.1. The fourth-order valence-corrected chi connectivity index (χ4v) is 3.11. The lowest BCUT2D eigenvalue weighted by Crippen LogP contribution is -2.46. The van der Waals surface area contributed by atoms with Crippen LogP contribution in [0.1, 0.15) is 34.5 Å². The molecule has 0 saturated carbocycles. The van der Waals surface area contributed by atoms with E-state index in [2.05, 4.69) is 11.8 Å². The van der Waals surface area contributed by atoms with Crippen LogP contribution in [0, 0.1) is 0 Å². The number of aromatic carboxylic acids is 1. The van der Waals surface area contributed by atoms with Gasteiger partial charge in [-0.05, 0) is 36.6 Å². The van der Waals surface area contributed by atoms with Crippen molar-refractivity contribution in [2.24, 2.45) is 0 Å². The number of nitrogens with zero attached hydrogens (tertiary/aromatic N) is 1. The first-order valence-electron chi connectivity index (χ1n) is 8.33. The Morgan fingerprint density at radius 2 is 1.88 bits per heavy atom. The topological polar surface area (TPSA) is 66.8 Å². The van der Waals surface area contributed by atoms with Gasteiger partial charge in [-0.15, -0.1) is 0 Å². The molecule has 2 aromatic rings. The normalized spacial score (nSPS) is 19.2. The van der Waals surface area contributed by atoms with E-state index in [0.717, 1.165) is 17.5 Å². The molecule has 1 aliphatic heterocycles. The molecule has 25 heavy (non-hydrogen) atoms. The first-order chi connectivity index (χ1) is 12.0. The van der Waals surface area contributed by atoms with E-state index in [0.29, 0.717) is 6.54 Å². The van der Waals surface area contributed by atoms with E-state index in [9.17, 15) is 9.59 Å². The van der Waals surface area contributed by atoms with Gasteiger partial charge in [-0.3, -0.25) is 9.69 Å². The van der Waals surface area contributed by atoms with Gasteiger partial charge in [0, 0.05) is 12.6 Å². The molecule has 0 spiro atoms. The van der Waals surface area contributed by atoms with Crippen LogP contribution >= 0.6 is 0 Å². The molecule has 0 radical (unpaired) electrons. The number of rotatable bonds is 5. The van der Waals surface area contributed by atoms with Crippen LogP contribution in [0.3, 0.4) is 0 Å². The SMILES string of the molecule is CC(Cc1ccc(C(=O)O)cc1)N1CC(=O)OC(c2ccccc2)C1. The third-order valence-electron chi connectivity index (χ3n) is 4.53. The number of cyclic esters (lactones) is 1. The van der Waals surface area contributed by atoms with Crippen LogP contribution in [-0.2, 0) is 16.0 Å². The molecule has 1 heterocycles. The highest BCUT2D eigenvalue weighted by atomic mass is 16.5. The zero-order valence-electron chi connectivity index (χ0n) is 14.1. The summed E-state index contributed by atoms with van der Waals surface area (Å²) in [7, 11) is 0. The summed E-state index contributed by atoms with van der Waals surface area (Å²) in [4.78, 5) is 25.1. The summed E-state index contributed by atoms with van der Waals surface area (Å²) in [6.45, 7) is 3.01. The molecule has 0 amide bonds. The van der Waals surface area contributed by atoms with Crippen LogP contribution in [0.15, 0.2) is 54.6 Å². The van der Waals surface area contributed by atoms with E-state index in [4.69, 9.17) is 9.84 Å². The fourth-order valence-electron chi connectivity index (χ4n) is 3.11. The molecule has 130 valence electrons. The van der Waals surface area contributed by atoms with Crippen LogP contribution in [-0.4, -0.2) is 41.1 Å². The molecule has 1 N–H and O–H groups in total. The molecule has 1 aliphatic rings. The van der Waals surface area contributed by atoms with Crippen molar-refractivity contribution in [3.63, 3.8) is 0 Å². The molecular formula is C20H21NO4. The van der Waals surface area contributed by atoms with Gasteiger partial charge in [0.1, 0.15) is 6.10 Å². The number of carboxylic acids is 1. The molecule has 1 fully saturated rings. The number of esters is 1. The van der Waals surface area contributed by atoms with Crippen molar-refractivity contribution in [2.45, 2.75) is 25.5 Å². The van der Waals surface area contributed by atoms with Gasteiger partial charge in [0.2, 0.25) is 0 Å². The monoisotopic (exact) mass is 339 g/mol. The van der Waals surface area contributed by atoms with Crippen LogP contribution in [0.5, 0.6) is 0 Å². The molecule has 0 aromatic heterocycles. The number of carbonyl (C=O) groups excluding carboxylic acids is 1. The Bertz CT molecular complexity index is 742. The molecule has 2 aromatic carbocycles. The second-order valence-corrected chi connectivity index (χ2v) is 6.37. The minimum atomic E-state index is -0.927. The van der Waals surface area contributed by atoms with E-state index in [-0.39, 0.29) is 30.2 Å². The predicted molar refractivity (Wildman–Crippen MR) is 93.4 cm³/mol. The van der Waals surface area contributed by atoms with Crippen molar-refractivity contribution in [1.29, 1.82) is 0 Å². The third-order valence-corrected chi connectivity index (χ3v) is 4.53. The number of hydrogen-bond acceptors (Lipinski definition) is 4. The minimum absolute atomic E-state index is 0.148. The van der Waals surface area contributed by atoms with Gasteiger partial charge in [-0.25, -0.2) is 4.79 Å². The van der Waals surface area contributed by atoms with Crippen molar-refractivity contribution < 1.29 is 19.4 Å². The lowest BCUT2D eigenvalue weighted by molar-refractivity contribution is -0.160. The molecule has 5 nitrogen and oxygen atoms in total. The second-order valence-electron chi connectivity index (χ2n) is 6.37. The number of ether oxygens (including phenoxy) is 1. The summed E-state index contributed by atoms with van der Waals surface area (Å²) in [6.07, 6.45) is 0.494. The Labute approximate surface area is 146 Å². The average molecular weight is 339 g/mol. The number of morpholine rings is 1. The summed E-state index contributed by atoms with van der Waals surface area (Å²) < 4.78 is 5.50. The van der Waals surface area contributed by atoms with E-state index in [1.807, 2.05) is 42.5 Å². The van der Waals surface area contributed by atoms with Crippen molar-refractivity contribution in [3.8, 4) is 0 Å². The van der Waals surface area contributed by atoms with Gasteiger partial charge in [0.15, 0.2) is 0 Å². The summed E-state index contributed by atoms with van der Waals surface area (Å²) in [6, 6.07) is 16.8. The Balaban J connectivity index is 1.67. The van der Waals surface area contributed by atoms with Gasteiger partial charge in [-0.1, -0.05) is 42.5 Å². The fraction of sp³-hybridized carbons (Fsp3) is 0.300. The largest absolute Gasteiger partial charge is 0.478 e. The van der Waals surface area contributed by atoms with Gasteiger partial charge in [0.25, 0.3) is 0 Å². The number of hydrogen-bond donors (Lipinski definition) is 1. The van der Waals surface area contributed by atoms with E-state index < -0.39 is 5.97 Å². The standard InChI is InChI=1S/C20H21NO4/c1-14(11-15-7-9-17(10-8-15)20(23)24)21-12-18(25-19(22)13-21)16-5-3-2-4-6-16/h2-10,14,18H,11-13H2,1H3,(H,23,24). The van der Waals surface area contributed by atoms with Gasteiger partial charge < -0.3 is 9.84 Å². The number of benzene rings is 2. The molecule has 2 atom stereocenters. The van der Waals surface area contributed by atoms with E-state index in [1.165, 1.54) is 0 Å². The molecule has 1 saturated heterocycles. The minimum Gasteiger partial charge on any atom is -0.478 e. The van der Waals surface area contributed by atoms with Crippen molar-refractivity contribution >= 4 is 11.9 Å². The Morgan fingerprint density at radius 3 is 2.52 bits per heavy atom. The zero-order chi connectivity index (χ0) is 17.8. The molecule has 3 rings (SSSR count). The maximum Gasteiger partial charge on any atom is 0.335 e. The molecular weight excluding hydrogens is 318 g/mol. The van der Waals surface area contributed by atoms with Crippen LogP contribution in [0.4, 0.5) is 0 Å². The second kappa shape index (κ2) is 7.49. The smallest absolute Gasteiger partial charge is 0.335 e. The van der Waals surface area contributed by atoms with E-state index >= 15 is 0 Å². The summed E-state index contributed by atoms with van der Waals surface area (Å²) >= 11 is 0. The summed E-state index contributed by atoms with van der Waals surface area (Å²) in [5.41, 5.74) is 2.33. The highest BCUT2D eigenvalue weighted by Gasteiger charge is 2.30. The van der Waals surface area contributed by atoms with Crippen molar-refractivity contribution in [3.05, 3.63) is 71.3 Å². The van der Waals surface area contributed by atoms with Crippen molar-refractivity contribution in [1.82, 2.24) is 4.90 Å². The van der Waals surface area contributed by atoms with E-state index in [1.54, 1.807) is 12.1 Å². The van der Waals surface area contributed by atoms with Crippen LogP contribution in [0.2, 0.25) is 0 Å². The predicted octanol–water partition coefficient (Wildman–Crippen LogP) is 2.92. The first kappa shape index (κ1) is 17.2. The average Bonchev–Trinajstić information content (AvgIpc) is 2.62. The molecule has 2 unspecified atom stereocenters. The van der Waals surface area contributed by atoms with Gasteiger partial charge in [-0.2, -0.15) is 0 Å². The maximum absolute atomic E-state index is 12.0.